The molecule has 3 rings (SSSR count). The van der Waals surface area contributed by atoms with E-state index in [4.69, 9.17) is 11.6 Å². The third kappa shape index (κ3) is 2.09. The van der Waals surface area contributed by atoms with Gasteiger partial charge in [0.15, 0.2) is 0 Å². The standard InChI is InChI=1S/C15H9BrClN3/c16-11-6-5-10(9-18)14(7-11)20-13-4-2-1-3-12(13)19-15(20)8-17/h1-7H,8H2. The van der Waals surface area contributed by atoms with Crippen LogP contribution in [0.5, 0.6) is 0 Å². The molecule has 0 radical (unpaired) electrons. The number of alkyl halides is 1. The molecule has 3 aromatic rings. The molecule has 0 aliphatic heterocycles. The molecular formula is C15H9BrClN3. The van der Waals surface area contributed by atoms with Crippen LogP contribution in [0, 0.1) is 11.3 Å². The van der Waals surface area contributed by atoms with Crippen LogP contribution in [0.4, 0.5) is 0 Å². The number of halogens is 2. The number of aromatic nitrogens is 2. The fraction of sp³-hybridized carbons (Fsp3) is 0.0667. The smallest absolute Gasteiger partial charge is 0.129 e. The average molecular weight is 347 g/mol. The first kappa shape index (κ1) is 13.2. The third-order valence-electron chi connectivity index (χ3n) is 3.07. The number of rotatable bonds is 2. The lowest BCUT2D eigenvalue weighted by Crippen LogP contribution is -2.02. The number of hydrogen-bond acceptors (Lipinski definition) is 2. The minimum atomic E-state index is 0.284. The quantitative estimate of drug-likeness (QED) is 0.645. The van der Waals surface area contributed by atoms with E-state index in [2.05, 4.69) is 27.0 Å². The molecule has 20 heavy (non-hydrogen) atoms. The molecule has 5 heteroatoms. The van der Waals surface area contributed by atoms with Crippen LogP contribution in [0.25, 0.3) is 16.7 Å². The first-order chi connectivity index (χ1) is 9.74. The van der Waals surface area contributed by atoms with Crippen molar-refractivity contribution in [3.05, 3.63) is 58.3 Å². The minimum Gasteiger partial charge on any atom is -0.294 e. The van der Waals surface area contributed by atoms with Crippen molar-refractivity contribution in [2.45, 2.75) is 5.88 Å². The Labute approximate surface area is 129 Å². The average Bonchev–Trinajstić information content (AvgIpc) is 2.85. The molecule has 0 saturated carbocycles. The Balaban J connectivity index is 2.40. The molecule has 0 atom stereocenters. The van der Waals surface area contributed by atoms with Crippen LogP contribution < -0.4 is 0 Å². The van der Waals surface area contributed by atoms with Crippen LogP contribution in [-0.2, 0) is 5.88 Å². The van der Waals surface area contributed by atoms with Gasteiger partial charge in [0.1, 0.15) is 11.9 Å². The van der Waals surface area contributed by atoms with Gasteiger partial charge in [0.05, 0.1) is 28.2 Å². The van der Waals surface area contributed by atoms with Gasteiger partial charge in [0.2, 0.25) is 0 Å². The summed E-state index contributed by atoms with van der Waals surface area (Å²) in [4.78, 5) is 4.52. The number of imidazole rings is 1. The first-order valence-corrected chi connectivity index (χ1v) is 7.29. The van der Waals surface area contributed by atoms with Gasteiger partial charge < -0.3 is 0 Å². The van der Waals surface area contributed by atoms with Crippen molar-refractivity contribution in [2.75, 3.05) is 0 Å². The predicted molar refractivity (Wildman–Crippen MR) is 83.0 cm³/mol. The van der Waals surface area contributed by atoms with Gasteiger partial charge in [-0.25, -0.2) is 4.98 Å². The van der Waals surface area contributed by atoms with Crippen molar-refractivity contribution in [1.82, 2.24) is 9.55 Å². The van der Waals surface area contributed by atoms with Gasteiger partial charge in [0.25, 0.3) is 0 Å². The van der Waals surface area contributed by atoms with E-state index in [1.54, 1.807) is 6.07 Å². The normalized spacial score (nSPS) is 10.7. The van der Waals surface area contributed by atoms with Crippen molar-refractivity contribution >= 4 is 38.6 Å². The van der Waals surface area contributed by atoms with Gasteiger partial charge in [-0.2, -0.15) is 5.26 Å². The lowest BCUT2D eigenvalue weighted by molar-refractivity contribution is 0.977. The summed E-state index contributed by atoms with van der Waals surface area (Å²) >= 11 is 9.46. The van der Waals surface area contributed by atoms with Gasteiger partial charge in [-0.05, 0) is 30.3 Å². The van der Waals surface area contributed by atoms with E-state index in [1.165, 1.54) is 0 Å². The van der Waals surface area contributed by atoms with E-state index >= 15 is 0 Å². The second-order valence-electron chi connectivity index (χ2n) is 4.26. The Morgan fingerprint density at radius 3 is 2.80 bits per heavy atom. The Morgan fingerprint density at radius 2 is 2.05 bits per heavy atom. The van der Waals surface area contributed by atoms with Crippen molar-refractivity contribution in [1.29, 1.82) is 5.26 Å². The van der Waals surface area contributed by atoms with Crippen molar-refractivity contribution in [3.8, 4) is 11.8 Å². The molecular weight excluding hydrogens is 338 g/mol. The SMILES string of the molecule is N#Cc1ccc(Br)cc1-n1c(CCl)nc2ccccc21. The van der Waals surface area contributed by atoms with E-state index in [0.717, 1.165) is 27.0 Å². The number of fused-ring (bicyclic) bond motifs is 1. The van der Waals surface area contributed by atoms with E-state index < -0.39 is 0 Å². The fourth-order valence-electron chi connectivity index (χ4n) is 2.22. The predicted octanol–water partition coefficient (Wildman–Crippen LogP) is 4.40. The highest BCUT2D eigenvalue weighted by Gasteiger charge is 2.14. The molecule has 98 valence electrons. The van der Waals surface area contributed by atoms with Gasteiger partial charge in [0, 0.05) is 4.47 Å². The molecule has 2 aromatic carbocycles. The molecule has 1 heterocycles. The maximum atomic E-state index is 9.31. The topological polar surface area (TPSA) is 41.6 Å². The van der Waals surface area contributed by atoms with E-state index in [-0.39, 0.29) is 5.88 Å². The number of benzene rings is 2. The first-order valence-electron chi connectivity index (χ1n) is 5.97. The van der Waals surface area contributed by atoms with Gasteiger partial charge >= 0.3 is 0 Å². The monoisotopic (exact) mass is 345 g/mol. The summed E-state index contributed by atoms with van der Waals surface area (Å²) in [6, 6.07) is 15.5. The zero-order valence-corrected chi connectivity index (χ0v) is 12.7. The molecule has 3 nitrogen and oxygen atoms in total. The summed E-state index contributed by atoms with van der Waals surface area (Å²) in [5.41, 5.74) is 3.18. The number of hydrogen-bond donors (Lipinski definition) is 0. The van der Waals surface area contributed by atoms with Crippen LogP contribution in [0.2, 0.25) is 0 Å². The summed E-state index contributed by atoms with van der Waals surface area (Å²) < 4.78 is 2.84. The summed E-state index contributed by atoms with van der Waals surface area (Å²) in [6.45, 7) is 0. The fourth-order valence-corrected chi connectivity index (χ4v) is 2.75. The summed E-state index contributed by atoms with van der Waals surface area (Å²) in [5, 5.41) is 9.31. The molecule has 0 saturated heterocycles. The Morgan fingerprint density at radius 1 is 1.25 bits per heavy atom. The zero-order valence-electron chi connectivity index (χ0n) is 10.3. The van der Waals surface area contributed by atoms with Crippen LogP contribution in [0.1, 0.15) is 11.4 Å². The molecule has 1 aromatic heterocycles. The second kappa shape index (κ2) is 5.28. The highest BCUT2D eigenvalue weighted by Crippen LogP contribution is 2.27. The molecule has 0 unspecified atom stereocenters. The summed E-state index contributed by atoms with van der Waals surface area (Å²) in [5.74, 6) is 1.01. The van der Waals surface area contributed by atoms with Crippen LogP contribution in [-0.4, -0.2) is 9.55 Å². The van der Waals surface area contributed by atoms with Gasteiger partial charge in [-0.3, -0.25) is 4.57 Å². The lowest BCUT2D eigenvalue weighted by atomic mass is 10.2. The summed E-state index contributed by atoms with van der Waals surface area (Å²) in [6.07, 6.45) is 0. The van der Waals surface area contributed by atoms with Crippen LogP contribution in [0.15, 0.2) is 46.9 Å². The Bertz CT molecular complexity index is 833. The van der Waals surface area contributed by atoms with Gasteiger partial charge in [-0.1, -0.05) is 28.1 Å². The maximum Gasteiger partial charge on any atom is 0.129 e. The number of para-hydroxylation sites is 2. The largest absolute Gasteiger partial charge is 0.294 e. The number of nitrogens with zero attached hydrogens (tertiary/aromatic N) is 3. The molecule has 0 spiro atoms. The molecule has 0 N–H and O–H groups in total. The highest BCUT2D eigenvalue weighted by molar-refractivity contribution is 9.10. The second-order valence-corrected chi connectivity index (χ2v) is 5.44. The molecule has 0 bridgehead atoms. The van der Waals surface area contributed by atoms with E-state index in [9.17, 15) is 5.26 Å². The van der Waals surface area contributed by atoms with Crippen molar-refractivity contribution in [3.63, 3.8) is 0 Å². The molecule has 0 aliphatic rings. The zero-order chi connectivity index (χ0) is 14.1. The summed E-state index contributed by atoms with van der Waals surface area (Å²) in [7, 11) is 0. The highest BCUT2D eigenvalue weighted by atomic mass is 79.9. The molecule has 0 aliphatic carbocycles. The lowest BCUT2D eigenvalue weighted by Gasteiger charge is -2.10. The third-order valence-corrected chi connectivity index (χ3v) is 3.80. The maximum absolute atomic E-state index is 9.31. The van der Waals surface area contributed by atoms with Gasteiger partial charge in [-0.15, -0.1) is 11.6 Å². The van der Waals surface area contributed by atoms with E-state index in [1.807, 2.05) is 41.0 Å². The Hall–Kier alpha value is -1.83. The van der Waals surface area contributed by atoms with Crippen LogP contribution in [0.3, 0.4) is 0 Å². The van der Waals surface area contributed by atoms with Crippen molar-refractivity contribution in [2.24, 2.45) is 0 Å². The van der Waals surface area contributed by atoms with Crippen LogP contribution >= 0.6 is 27.5 Å². The molecule has 0 fully saturated rings. The minimum absolute atomic E-state index is 0.284. The van der Waals surface area contributed by atoms with E-state index in [0.29, 0.717) is 5.56 Å². The number of nitriles is 1. The Kier molecular flexibility index (Phi) is 3.47. The molecule has 0 amide bonds. The van der Waals surface area contributed by atoms with Crippen molar-refractivity contribution < 1.29 is 0 Å².